The molecule has 1 aliphatic rings. The number of halogens is 1. The molecule has 1 saturated heterocycles. The second-order valence-corrected chi connectivity index (χ2v) is 17.7. The van der Waals surface area contributed by atoms with Gasteiger partial charge in [-0.05, 0) is 147 Å². The average Bonchev–Trinajstić information content (AvgIpc) is 4.03. The zero-order chi connectivity index (χ0) is 51.2. The molecule has 0 radical (unpaired) electrons. The van der Waals surface area contributed by atoms with E-state index in [0.717, 1.165) is 65.1 Å². The van der Waals surface area contributed by atoms with Crippen LogP contribution in [0.25, 0.3) is 12.2 Å². The highest BCUT2D eigenvalue weighted by molar-refractivity contribution is 9.08. The molecule has 370 valence electrons. The zero-order valence-electron chi connectivity index (χ0n) is 41.7. The molecular formula is C64H65BrO7. The molecule has 0 spiro atoms. The SMILES string of the molecule is C1CCOC1.Cc1ccc(CBr)cc1.Cc1ccc(COc2ccc(/C=C/c3ccc(OCc4ccc(C)cc4)cc3)cc2)cc1.Cc1ccc(COc2ccc(C=O)cc2)cc1.O=Cc1ccc(O)cc1. The fourth-order valence-electron chi connectivity index (χ4n) is 6.48. The summed E-state index contributed by atoms with van der Waals surface area (Å²) in [6.45, 7) is 12.0. The van der Waals surface area contributed by atoms with Gasteiger partial charge in [-0.2, -0.15) is 0 Å². The summed E-state index contributed by atoms with van der Waals surface area (Å²) in [6.07, 6.45) is 8.32. The number of aromatic hydroxyl groups is 1. The van der Waals surface area contributed by atoms with Gasteiger partial charge in [0.15, 0.2) is 0 Å². The van der Waals surface area contributed by atoms with Gasteiger partial charge in [-0.1, -0.05) is 172 Å². The van der Waals surface area contributed by atoms with Gasteiger partial charge in [0.25, 0.3) is 0 Å². The third-order valence-corrected chi connectivity index (χ3v) is 11.6. The number of rotatable bonds is 14. The van der Waals surface area contributed by atoms with Crippen LogP contribution < -0.4 is 14.2 Å². The third-order valence-electron chi connectivity index (χ3n) is 11.0. The normalized spacial score (nSPS) is 11.2. The smallest absolute Gasteiger partial charge is 0.150 e. The molecule has 9 rings (SSSR count). The van der Waals surface area contributed by atoms with Crippen LogP contribution in [0.2, 0.25) is 0 Å². The van der Waals surface area contributed by atoms with Gasteiger partial charge in [0, 0.05) is 29.7 Å². The lowest BCUT2D eigenvalue weighted by atomic mass is 10.1. The lowest BCUT2D eigenvalue weighted by Gasteiger charge is -2.07. The van der Waals surface area contributed by atoms with E-state index in [1.807, 2.05) is 24.3 Å². The maximum Gasteiger partial charge on any atom is 0.150 e. The molecule has 0 amide bonds. The number of alkyl halides is 1. The first-order valence-electron chi connectivity index (χ1n) is 24.0. The van der Waals surface area contributed by atoms with Crippen molar-refractivity contribution in [2.45, 2.75) is 65.7 Å². The molecular weight excluding hydrogens is 961 g/mol. The van der Waals surface area contributed by atoms with Crippen molar-refractivity contribution in [3.63, 3.8) is 0 Å². The van der Waals surface area contributed by atoms with Crippen molar-refractivity contribution >= 4 is 40.7 Å². The molecule has 7 nitrogen and oxygen atoms in total. The van der Waals surface area contributed by atoms with Crippen LogP contribution in [-0.4, -0.2) is 30.9 Å². The molecule has 8 aromatic carbocycles. The number of aryl methyl sites for hydroxylation is 4. The highest BCUT2D eigenvalue weighted by atomic mass is 79.9. The summed E-state index contributed by atoms with van der Waals surface area (Å²) in [4.78, 5) is 20.5. The largest absolute Gasteiger partial charge is 0.508 e. The molecule has 8 heteroatoms. The maximum absolute atomic E-state index is 10.5. The second-order valence-electron chi connectivity index (χ2n) is 17.1. The Balaban J connectivity index is 0.000000198. The quantitative estimate of drug-likeness (QED) is 0.0659. The Bertz CT molecular complexity index is 2660. The van der Waals surface area contributed by atoms with Crippen LogP contribution in [-0.2, 0) is 29.9 Å². The van der Waals surface area contributed by atoms with E-state index < -0.39 is 0 Å². The number of hydrogen-bond acceptors (Lipinski definition) is 7. The molecule has 1 fully saturated rings. The van der Waals surface area contributed by atoms with E-state index in [1.165, 1.54) is 63.9 Å². The molecule has 0 aliphatic carbocycles. The summed E-state index contributed by atoms with van der Waals surface area (Å²) in [7, 11) is 0. The van der Waals surface area contributed by atoms with Crippen molar-refractivity contribution in [1.82, 2.24) is 0 Å². The monoisotopic (exact) mass is 1020 g/mol. The zero-order valence-corrected chi connectivity index (χ0v) is 43.3. The molecule has 1 heterocycles. The second kappa shape index (κ2) is 31.7. The van der Waals surface area contributed by atoms with Gasteiger partial charge in [-0.15, -0.1) is 0 Å². The molecule has 1 N–H and O–H groups in total. The fraction of sp³-hybridized carbons (Fsp3) is 0.188. The summed E-state index contributed by atoms with van der Waals surface area (Å²) in [5.74, 6) is 2.70. The Morgan fingerprint density at radius 3 is 0.944 bits per heavy atom. The highest BCUT2D eigenvalue weighted by Gasteiger charge is 2.00. The first-order chi connectivity index (χ1) is 35.1. The van der Waals surface area contributed by atoms with Crippen molar-refractivity contribution in [1.29, 1.82) is 0 Å². The first-order valence-corrected chi connectivity index (χ1v) is 25.1. The van der Waals surface area contributed by atoms with Crippen molar-refractivity contribution in [3.8, 4) is 23.0 Å². The van der Waals surface area contributed by atoms with Gasteiger partial charge in [-0.3, -0.25) is 9.59 Å². The van der Waals surface area contributed by atoms with Crippen LogP contribution in [0, 0.1) is 27.7 Å². The highest BCUT2D eigenvalue weighted by Crippen LogP contribution is 2.20. The van der Waals surface area contributed by atoms with E-state index in [4.69, 9.17) is 24.1 Å². The Morgan fingerprint density at radius 1 is 0.403 bits per heavy atom. The van der Waals surface area contributed by atoms with E-state index >= 15 is 0 Å². The van der Waals surface area contributed by atoms with Crippen LogP contribution in [0.3, 0.4) is 0 Å². The van der Waals surface area contributed by atoms with Crippen molar-refractivity contribution in [2.75, 3.05) is 13.2 Å². The Morgan fingerprint density at radius 2 is 0.681 bits per heavy atom. The Hall–Kier alpha value is -7.52. The summed E-state index contributed by atoms with van der Waals surface area (Å²) in [6, 6.07) is 63.1. The van der Waals surface area contributed by atoms with E-state index in [2.05, 4.69) is 177 Å². The minimum Gasteiger partial charge on any atom is -0.508 e. The fourth-order valence-corrected chi connectivity index (χ4v) is 6.85. The van der Waals surface area contributed by atoms with Crippen molar-refractivity contribution in [2.24, 2.45) is 0 Å². The molecule has 72 heavy (non-hydrogen) atoms. The number of phenolic OH excluding ortho intramolecular Hbond substituents is 1. The summed E-state index contributed by atoms with van der Waals surface area (Å²) >= 11 is 3.38. The van der Waals surface area contributed by atoms with Crippen molar-refractivity contribution in [3.05, 3.63) is 261 Å². The van der Waals surface area contributed by atoms with Crippen LogP contribution in [0.15, 0.2) is 194 Å². The van der Waals surface area contributed by atoms with E-state index in [9.17, 15) is 9.59 Å². The molecule has 0 saturated carbocycles. The number of aldehydes is 2. The minimum absolute atomic E-state index is 0.181. The van der Waals surface area contributed by atoms with Gasteiger partial charge < -0.3 is 24.1 Å². The summed E-state index contributed by atoms with van der Waals surface area (Å²) in [5, 5.41) is 9.69. The first kappa shape index (κ1) is 55.4. The molecule has 1 aliphatic heterocycles. The molecule has 0 unspecified atom stereocenters. The lowest BCUT2D eigenvalue weighted by molar-refractivity contribution is 0.111. The van der Waals surface area contributed by atoms with Crippen molar-refractivity contribution < 1.29 is 33.6 Å². The van der Waals surface area contributed by atoms with Crippen LogP contribution in [0.1, 0.15) is 89.2 Å². The number of ether oxygens (including phenoxy) is 4. The number of benzene rings is 8. The molecule has 0 aromatic heterocycles. The van der Waals surface area contributed by atoms with Crippen LogP contribution >= 0.6 is 15.9 Å². The maximum atomic E-state index is 10.5. The van der Waals surface area contributed by atoms with Gasteiger partial charge in [-0.25, -0.2) is 0 Å². The minimum atomic E-state index is 0.181. The number of carbonyl (C=O) groups is 2. The number of phenols is 1. The average molecular weight is 1030 g/mol. The number of carbonyl (C=O) groups excluding carboxylic acids is 2. The predicted molar refractivity (Wildman–Crippen MR) is 298 cm³/mol. The standard InChI is InChI=1S/C30H28O2.C15H14O2.C8H9Br.C7H6O2.C4H8O/c1-23-3-7-27(8-4-23)21-31-29-17-13-25(14-18-29)11-12-26-15-19-30(20-16-26)32-22-28-9-5-24(2)6-10-28;1-12-2-4-14(5-3-12)11-17-15-8-6-13(10-16)7-9-15;1-7-2-4-8(6-9)5-3-7;8-5-6-1-3-7(9)4-2-6;1-2-4-5-3-1/h3-20H,21-22H2,1-2H3;2-10H,11H2,1H3;2-5H,6H2,1H3;1-5,9H;1-4H2/b12-11+;;;;. The van der Waals surface area contributed by atoms with E-state index in [-0.39, 0.29) is 5.75 Å². The summed E-state index contributed by atoms with van der Waals surface area (Å²) < 4.78 is 22.3. The van der Waals surface area contributed by atoms with E-state index in [0.29, 0.717) is 30.9 Å². The molecule has 0 atom stereocenters. The molecule has 0 bridgehead atoms. The molecule has 8 aromatic rings. The summed E-state index contributed by atoms with van der Waals surface area (Å²) in [5.41, 5.74) is 13.4. The van der Waals surface area contributed by atoms with E-state index in [1.54, 1.807) is 36.4 Å². The third kappa shape index (κ3) is 22.1. The van der Waals surface area contributed by atoms with Gasteiger partial charge in [0.1, 0.15) is 55.4 Å². The predicted octanol–water partition coefficient (Wildman–Crippen LogP) is 15.9. The van der Waals surface area contributed by atoms with Gasteiger partial charge >= 0.3 is 0 Å². The number of hydrogen-bond donors (Lipinski definition) is 1. The Kier molecular flexibility index (Phi) is 24.4. The lowest BCUT2D eigenvalue weighted by Crippen LogP contribution is -1.95. The topological polar surface area (TPSA) is 91.3 Å². The Labute approximate surface area is 434 Å². The van der Waals surface area contributed by atoms with Crippen LogP contribution in [0.5, 0.6) is 23.0 Å². The van der Waals surface area contributed by atoms with Gasteiger partial charge in [0.05, 0.1) is 0 Å². The van der Waals surface area contributed by atoms with Crippen LogP contribution in [0.4, 0.5) is 0 Å². The van der Waals surface area contributed by atoms with Gasteiger partial charge in [0.2, 0.25) is 0 Å².